The third-order valence-corrected chi connectivity index (χ3v) is 1.64. The molecule has 0 saturated carbocycles. The van der Waals surface area contributed by atoms with Crippen LogP contribution in [-0.2, 0) is 19.1 Å². The molecule has 4 nitrogen and oxygen atoms in total. The molecule has 0 aromatic carbocycles. The third-order valence-electron chi connectivity index (χ3n) is 1.64. The van der Waals surface area contributed by atoms with E-state index in [0.29, 0.717) is 18.6 Å². The summed E-state index contributed by atoms with van der Waals surface area (Å²) in [4.78, 5) is 21.1. The Hall–Kier alpha value is -1.32. The fraction of sp³-hybridized carbons (Fsp3) is 0.556. The molecule has 0 bridgehead atoms. The van der Waals surface area contributed by atoms with E-state index in [1.165, 1.54) is 13.8 Å². The maximum Gasteiger partial charge on any atom is 0.307 e. The monoisotopic (exact) mass is 184 g/mol. The predicted molar refractivity (Wildman–Crippen MR) is 44.6 cm³/mol. The summed E-state index contributed by atoms with van der Waals surface area (Å²) in [6.45, 7) is 2.71. The number of carbonyl (C=O) groups excluding carboxylic acids is 2. The van der Waals surface area contributed by atoms with Gasteiger partial charge in [0.25, 0.3) is 0 Å². The lowest BCUT2D eigenvalue weighted by Crippen LogP contribution is -2.13. The largest absolute Gasteiger partial charge is 0.462 e. The average molecular weight is 184 g/mol. The number of esters is 2. The molecule has 0 amide bonds. The molecule has 1 atom stereocenters. The summed E-state index contributed by atoms with van der Waals surface area (Å²) in [5, 5.41) is 0. The van der Waals surface area contributed by atoms with Crippen molar-refractivity contribution >= 4 is 11.9 Å². The fourth-order valence-corrected chi connectivity index (χ4v) is 1.25. The Balaban J connectivity index is 2.33. The molecule has 0 spiro atoms. The van der Waals surface area contributed by atoms with Crippen LogP contribution in [0.25, 0.3) is 0 Å². The van der Waals surface area contributed by atoms with Gasteiger partial charge >= 0.3 is 11.9 Å². The first kappa shape index (κ1) is 9.77. The van der Waals surface area contributed by atoms with Gasteiger partial charge in [-0.2, -0.15) is 0 Å². The highest BCUT2D eigenvalue weighted by Gasteiger charge is 2.21. The Morgan fingerprint density at radius 3 is 2.62 bits per heavy atom. The summed E-state index contributed by atoms with van der Waals surface area (Å²) in [6, 6.07) is 0. The molecule has 0 N–H and O–H groups in total. The van der Waals surface area contributed by atoms with Gasteiger partial charge in [-0.1, -0.05) is 0 Å². The van der Waals surface area contributed by atoms with E-state index in [-0.39, 0.29) is 18.0 Å². The molecule has 0 fully saturated rings. The molecule has 1 rings (SSSR count). The van der Waals surface area contributed by atoms with Gasteiger partial charge in [0.05, 0.1) is 0 Å². The first-order chi connectivity index (χ1) is 6.08. The molecule has 1 unspecified atom stereocenters. The predicted octanol–water partition coefficient (Wildman–Crippen LogP) is 1.16. The Bertz CT molecular complexity index is 254. The van der Waals surface area contributed by atoms with Crippen LogP contribution >= 0.6 is 0 Å². The van der Waals surface area contributed by atoms with E-state index in [1.807, 2.05) is 0 Å². The highest BCUT2D eigenvalue weighted by atomic mass is 16.6. The number of hydrogen-bond acceptors (Lipinski definition) is 4. The van der Waals surface area contributed by atoms with Crippen LogP contribution in [0.5, 0.6) is 0 Å². The second kappa shape index (κ2) is 4.07. The SMILES string of the molecule is CC(=O)OC1=CCC(OC(C)=O)C1. The van der Waals surface area contributed by atoms with Crippen molar-refractivity contribution in [3.8, 4) is 0 Å². The van der Waals surface area contributed by atoms with Gasteiger partial charge in [-0.3, -0.25) is 9.59 Å². The van der Waals surface area contributed by atoms with Crippen LogP contribution in [0, 0.1) is 0 Å². The molecular weight excluding hydrogens is 172 g/mol. The Morgan fingerprint density at radius 2 is 2.08 bits per heavy atom. The molecule has 1 aliphatic rings. The number of hydrogen-bond donors (Lipinski definition) is 0. The summed E-state index contributed by atoms with van der Waals surface area (Å²) in [5.41, 5.74) is 0. The number of ether oxygens (including phenoxy) is 2. The second-order valence-electron chi connectivity index (χ2n) is 2.94. The van der Waals surface area contributed by atoms with Crippen LogP contribution in [0.15, 0.2) is 11.8 Å². The summed E-state index contributed by atoms with van der Waals surface area (Å²) < 4.78 is 9.79. The Labute approximate surface area is 76.5 Å². The lowest BCUT2D eigenvalue weighted by molar-refractivity contribution is -0.146. The first-order valence-corrected chi connectivity index (χ1v) is 4.12. The second-order valence-corrected chi connectivity index (χ2v) is 2.94. The van der Waals surface area contributed by atoms with Crippen LogP contribution in [0.3, 0.4) is 0 Å². The molecule has 0 heterocycles. The van der Waals surface area contributed by atoms with Gasteiger partial charge in [0.2, 0.25) is 0 Å². The van der Waals surface area contributed by atoms with E-state index in [0.717, 1.165) is 0 Å². The molecule has 1 aliphatic carbocycles. The molecule has 0 aromatic heterocycles. The molecule has 13 heavy (non-hydrogen) atoms. The van der Waals surface area contributed by atoms with E-state index in [4.69, 9.17) is 9.47 Å². The zero-order valence-corrected chi connectivity index (χ0v) is 7.70. The van der Waals surface area contributed by atoms with Crippen LogP contribution in [-0.4, -0.2) is 18.0 Å². The summed E-state index contributed by atoms with van der Waals surface area (Å²) in [6.07, 6.45) is 2.74. The first-order valence-electron chi connectivity index (χ1n) is 4.12. The quantitative estimate of drug-likeness (QED) is 0.604. The Morgan fingerprint density at radius 1 is 1.38 bits per heavy atom. The van der Waals surface area contributed by atoms with Gasteiger partial charge in [0.1, 0.15) is 11.9 Å². The minimum atomic E-state index is -0.338. The molecule has 0 aromatic rings. The van der Waals surface area contributed by atoms with Crippen LogP contribution < -0.4 is 0 Å². The molecule has 0 aliphatic heterocycles. The maximum absolute atomic E-state index is 10.6. The van der Waals surface area contributed by atoms with Gasteiger partial charge in [-0.25, -0.2) is 0 Å². The topological polar surface area (TPSA) is 52.6 Å². The molecular formula is C9H12O4. The van der Waals surface area contributed by atoms with Crippen LogP contribution in [0.2, 0.25) is 0 Å². The molecule has 0 radical (unpaired) electrons. The van der Waals surface area contributed by atoms with E-state index in [2.05, 4.69) is 0 Å². The van der Waals surface area contributed by atoms with Gasteiger partial charge in [0.15, 0.2) is 0 Å². The van der Waals surface area contributed by atoms with E-state index < -0.39 is 0 Å². The van der Waals surface area contributed by atoms with Gasteiger partial charge in [0, 0.05) is 26.7 Å². The van der Waals surface area contributed by atoms with Crippen molar-refractivity contribution < 1.29 is 19.1 Å². The summed E-state index contributed by atoms with van der Waals surface area (Å²) >= 11 is 0. The van der Waals surface area contributed by atoms with E-state index in [9.17, 15) is 9.59 Å². The molecule has 0 saturated heterocycles. The maximum atomic E-state index is 10.6. The number of rotatable bonds is 2. The van der Waals surface area contributed by atoms with Gasteiger partial charge in [-0.15, -0.1) is 0 Å². The lowest BCUT2D eigenvalue weighted by atomic mass is 10.3. The number of carbonyl (C=O) groups is 2. The van der Waals surface area contributed by atoms with Crippen molar-refractivity contribution in [1.29, 1.82) is 0 Å². The minimum absolute atomic E-state index is 0.160. The highest BCUT2D eigenvalue weighted by Crippen LogP contribution is 2.22. The van der Waals surface area contributed by atoms with Crippen LogP contribution in [0.1, 0.15) is 26.7 Å². The van der Waals surface area contributed by atoms with Crippen LogP contribution in [0.4, 0.5) is 0 Å². The van der Waals surface area contributed by atoms with Gasteiger partial charge < -0.3 is 9.47 Å². The van der Waals surface area contributed by atoms with Gasteiger partial charge in [-0.05, 0) is 6.08 Å². The molecule has 72 valence electrons. The fourth-order valence-electron chi connectivity index (χ4n) is 1.25. The summed E-state index contributed by atoms with van der Waals surface area (Å²) in [7, 11) is 0. The van der Waals surface area contributed by atoms with E-state index in [1.54, 1.807) is 6.08 Å². The normalized spacial score (nSPS) is 20.8. The Kier molecular flexibility index (Phi) is 3.06. The standard InChI is InChI=1S/C9H12O4/c1-6(10)12-8-3-4-9(5-8)13-7(2)11/h3,9H,4-5H2,1-2H3. The zero-order valence-electron chi connectivity index (χ0n) is 7.70. The third kappa shape index (κ3) is 3.27. The van der Waals surface area contributed by atoms with E-state index >= 15 is 0 Å². The van der Waals surface area contributed by atoms with Crippen molar-refractivity contribution in [2.75, 3.05) is 0 Å². The highest BCUT2D eigenvalue weighted by molar-refractivity contribution is 5.67. The van der Waals surface area contributed by atoms with Crippen molar-refractivity contribution in [3.05, 3.63) is 11.8 Å². The van der Waals surface area contributed by atoms with Crippen molar-refractivity contribution in [1.82, 2.24) is 0 Å². The summed E-state index contributed by atoms with van der Waals surface area (Å²) in [5.74, 6) is -0.0454. The average Bonchev–Trinajstić information content (AvgIpc) is 2.33. The minimum Gasteiger partial charge on any atom is -0.462 e. The van der Waals surface area contributed by atoms with Crippen molar-refractivity contribution in [2.24, 2.45) is 0 Å². The lowest BCUT2D eigenvalue weighted by Gasteiger charge is -2.09. The zero-order chi connectivity index (χ0) is 9.84. The van der Waals surface area contributed by atoms with Crippen molar-refractivity contribution in [2.45, 2.75) is 32.8 Å². The molecule has 4 heteroatoms. The van der Waals surface area contributed by atoms with Crippen molar-refractivity contribution in [3.63, 3.8) is 0 Å². The smallest absolute Gasteiger partial charge is 0.307 e.